The molecule has 0 unspecified atom stereocenters. The third-order valence-electron chi connectivity index (χ3n) is 3.01. The largest absolute Gasteiger partial charge is 0.461 e. The Balaban J connectivity index is 1.87. The van der Waals surface area contributed by atoms with Crippen molar-refractivity contribution in [2.45, 2.75) is 12.8 Å². The first-order chi connectivity index (χ1) is 10.3. The molecule has 118 valence electrons. The molecule has 0 spiro atoms. The van der Waals surface area contributed by atoms with Gasteiger partial charge in [-0.3, -0.25) is 5.43 Å². The van der Waals surface area contributed by atoms with Crippen LogP contribution in [0.25, 0.3) is 0 Å². The number of ether oxygens (including phenoxy) is 3. The Morgan fingerprint density at radius 3 is 2.57 bits per heavy atom. The van der Waals surface area contributed by atoms with E-state index in [1.54, 1.807) is 7.11 Å². The van der Waals surface area contributed by atoms with Gasteiger partial charge in [-0.05, 0) is 12.8 Å². The second-order valence-electron chi connectivity index (χ2n) is 4.53. The van der Waals surface area contributed by atoms with E-state index >= 15 is 0 Å². The topological polar surface area (TPSA) is 108 Å². The number of hydrogen-bond donors (Lipinski definition) is 2. The fourth-order valence-corrected chi connectivity index (χ4v) is 1.97. The highest BCUT2D eigenvalue weighted by molar-refractivity contribution is 5.38. The number of nitrogens with zero attached hydrogens (tertiary/aromatic N) is 4. The number of nitrogens with one attached hydrogen (secondary N) is 1. The van der Waals surface area contributed by atoms with Crippen LogP contribution in [0.4, 0.5) is 11.9 Å². The summed E-state index contributed by atoms with van der Waals surface area (Å²) in [5, 5.41) is 0. The normalized spacial score (nSPS) is 14.5. The van der Waals surface area contributed by atoms with Crippen molar-refractivity contribution in [2.75, 3.05) is 57.0 Å². The third-order valence-corrected chi connectivity index (χ3v) is 3.01. The zero-order valence-corrected chi connectivity index (χ0v) is 12.2. The quantitative estimate of drug-likeness (QED) is 0.364. The van der Waals surface area contributed by atoms with Gasteiger partial charge in [0.2, 0.25) is 11.9 Å². The summed E-state index contributed by atoms with van der Waals surface area (Å²) >= 11 is 0. The van der Waals surface area contributed by atoms with Crippen LogP contribution in [-0.2, 0) is 9.47 Å². The number of nitrogen functional groups attached to an aromatic ring is 1. The molecule has 9 heteroatoms. The van der Waals surface area contributed by atoms with Crippen molar-refractivity contribution >= 4 is 11.9 Å². The number of hydrogen-bond acceptors (Lipinski definition) is 9. The second-order valence-corrected chi connectivity index (χ2v) is 4.53. The predicted octanol–water partition coefficient (Wildman–Crippen LogP) is -0.201. The molecule has 2 rings (SSSR count). The van der Waals surface area contributed by atoms with Gasteiger partial charge in [-0.15, -0.1) is 0 Å². The van der Waals surface area contributed by atoms with E-state index in [1.807, 2.05) is 0 Å². The molecule has 0 bridgehead atoms. The molecule has 0 amide bonds. The predicted molar refractivity (Wildman–Crippen MR) is 77.3 cm³/mol. The van der Waals surface area contributed by atoms with Gasteiger partial charge in [0, 0.05) is 20.2 Å². The van der Waals surface area contributed by atoms with E-state index in [-0.39, 0.29) is 6.01 Å². The fourth-order valence-electron chi connectivity index (χ4n) is 1.97. The van der Waals surface area contributed by atoms with Gasteiger partial charge in [-0.1, -0.05) is 0 Å². The third kappa shape index (κ3) is 4.96. The number of nitrogens with two attached hydrogens (primary N) is 1. The van der Waals surface area contributed by atoms with Crippen LogP contribution in [0.15, 0.2) is 0 Å². The van der Waals surface area contributed by atoms with Crippen molar-refractivity contribution in [2.24, 2.45) is 5.84 Å². The zero-order chi connectivity index (χ0) is 14.9. The Morgan fingerprint density at radius 1 is 1.10 bits per heavy atom. The molecule has 1 aliphatic rings. The van der Waals surface area contributed by atoms with Crippen LogP contribution in [0.5, 0.6) is 6.01 Å². The highest BCUT2D eigenvalue weighted by atomic mass is 16.5. The van der Waals surface area contributed by atoms with Gasteiger partial charge in [0.15, 0.2) is 0 Å². The molecule has 1 aromatic rings. The maximum absolute atomic E-state index is 5.48. The smallest absolute Gasteiger partial charge is 0.323 e. The molecule has 3 N–H and O–H groups in total. The molecule has 1 aromatic heterocycles. The first-order valence-corrected chi connectivity index (χ1v) is 7.00. The molecule has 1 fully saturated rings. The Kier molecular flexibility index (Phi) is 6.38. The number of methoxy groups -OCH3 is 1. The van der Waals surface area contributed by atoms with Crippen LogP contribution in [0.2, 0.25) is 0 Å². The Hall–Kier alpha value is -1.71. The van der Waals surface area contributed by atoms with Gasteiger partial charge in [0.25, 0.3) is 0 Å². The average Bonchev–Trinajstić information content (AvgIpc) is 3.05. The first-order valence-electron chi connectivity index (χ1n) is 7.00. The lowest BCUT2D eigenvalue weighted by Crippen LogP contribution is -2.23. The molecular weight excluding hydrogens is 276 g/mol. The van der Waals surface area contributed by atoms with Gasteiger partial charge < -0.3 is 19.1 Å². The van der Waals surface area contributed by atoms with Crippen molar-refractivity contribution < 1.29 is 14.2 Å². The van der Waals surface area contributed by atoms with E-state index in [4.69, 9.17) is 20.1 Å². The summed E-state index contributed by atoms with van der Waals surface area (Å²) in [7, 11) is 1.63. The van der Waals surface area contributed by atoms with Gasteiger partial charge in [0.05, 0.1) is 19.8 Å². The van der Waals surface area contributed by atoms with Crippen molar-refractivity contribution in [1.29, 1.82) is 0 Å². The summed E-state index contributed by atoms with van der Waals surface area (Å²) in [6, 6.07) is 0.246. The minimum atomic E-state index is 0.246. The molecule has 9 nitrogen and oxygen atoms in total. The highest BCUT2D eigenvalue weighted by Crippen LogP contribution is 2.18. The maximum atomic E-state index is 5.48. The van der Waals surface area contributed by atoms with Crippen LogP contribution in [-0.4, -0.2) is 61.6 Å². The molecule has 0 radical (unpaired) electrons. The molecule has 0 aromatic carbocycles. The number of hydrazine groups is 1. The summed E-state index contributed by atoms with van der Waals surface area (Å²) < 4.78 is 15.7. The average molecular weight is 298 g/mol. The lowest BCUT2D eigenvalue weighted by atomic mass is 10.4. The summed E-state index contributed by atoms with van der Waals surface area (Å²) in [6.45, 7) is 3.77. The van der Waals surface area contributed by atoms with Crippen LogP contribution >= 0.6 is 0 Å². The van der Waals surface area contributed by atoms with E-state index in [1.165, 1.54) is 0 Å². The Morgan fingerprint density at radius 2 is 1.86 bits per heavy atom. The summed E-state index contributed by atoms with van der Waals surface area (Å²) in [4.78, 5) is 14.7. The van der Waals surface area contributed by atoms with Crippen LogP contribution < -0.4 is 20.9 Å². The van der Waals surface area contributed by atoms with E-state index in [0.29, 0.717) is 38.3 Å². The minimum Gasteiger partial charge on any atom is -0.461 e. The molecule has 0 atom stereocenters. The van der Waals surface area contributed by atoms with Crippen molar-refractivity contribution in [3.05, 3.63) is 0 Å². The lowest BCUT2D eigenvalue weighted by molar-refractivity contribution is 0.0528. The summed E-state index contributed by atoms with van der Waals surface area (Å²) in [5.74, 6) is 6.26. The zero-order valence-electron chi connectivity index (χ0n) is 12.2. The number of rotatable bonds is 9. The van der Waals surface area contributed by atoms with E-state index in [0.717, 1.165) is 25.9 Å². The van der Waals surface area contributed by atoms with E-state index in [2.05, 4.69) is 25.3 Å². The molecule has 1 saturated heterocycles. The first kappa shape index (κ1) is 15.7. The van der Waals surface area contributed by atoms with Gasteiger partial charge in [-0.25, -0.2) is 5.84 Å². The van der Waals surface area contributed by atoms with Crippen LogP contribution in [0.1, 0.15) is 12.8 Å². The van der Waals surface area contributed by atoms with Crippen molar-refractivity contribution in [1.82, 2.24) is 15.0 Å². The molecule has 2 heterocycles. The standard InChI is InChI=1S/C12H22N6O3/c1-19-6-7-20-8-9-21-12-15-10(17-13)14-11(16-12)18-4-2-3-5-18/h2-9,13H2,1H3,(H,14,15,16,17). The molecule has 0 saturated carbocycles. The highest BCUT2D eigenvalue weighted by Gasteiger charge is 2.17. The van der Waals surface area contributed by atoms with Crippen molar-refractivity contribution in [3.63, 3.8) is 0 Å². The second kappa shape index (κ2) is 8.55. The van der Waals surface area contributed by atoms with Crippen LogP contribution in [0, 0.1) is 0 Å². The monoisotopic (exact) mass is 298 g/mol. The lowest BCUT2D eigenvalue weighted by Gasteiger charge is -2.16. The van der Waals surface area contributed by atoms with E-state index in [9.17, 15) is 0 Å². The molecule has 1 aliphatic heterocycles. The van der Waals surface area contributed by atoms with Crippen LogP contribution in [0.3, 0.4) is 0 Å². The van der Waals surface area contributed by atoms with Gasteiger partial charge in [0.1, 0.15) is 6.61 Å². The molecule has 21 heavy (non-hydrogen) atoms. The fraction of sp³-hybridized carbons (Fsp3) is 0.750. The Labute approximate surface area is 123 Å². The van der Waals surface area contributed by atoms with Crippen molar-refractivity contribution in [3.8, 4) is 6.01 Å². The SMILES string of the molecule is COCCOCCOc1nc(NN)nc(N2CCCC2)n1. The number of aromatic nitrogens is 3. The van der Waals surface area contributed by atoms with Gasteiger partial charge >= 0.3 is 6.01 Å². The number of anilines is 2. The Bertz CT molecular complexity index is 427. The minimum absolute atomic E-state index is 0.246. The molecule has 0 aliphatic carbocycles. The van der Waals surface area contributed by atoms with Gasteiger partial charge in [-0.2, -0.15) is 15.0 Å². The maximum Gasteiger partial charge on any atom is 0.323 e. The summed E-state index contributed by atoms with van der Waals surface area (Å²) in [5.41, 5.74) is 2.43. The molecular formula is C12H22N6O3. The summed E-state index contributed by atoms with van der Waals surface area (Å²) in [6.07, 6.45) is 2.28. The van der Waals surface area contributed by atoms with E-state index < -0.39 is 0 Å².